The van der Waals surface area contributed by atoms with Gasteiger partial charge in [-0.2, -0.15) is 0 Å². The molecule has 0 atom stereocenters. The third kappa shape index (κ3) is 4.13. The number of halogens is 1. The van der Waals surface area contributed by atoms with Gasteiger partial charge in [0.15, 0.2) is 9.84 Å². The molecule has 0 radical (unpaired) electrons. The smallest absolute Gasteiger partial charge is 0.239 e. The van der Waals surface area contributed by atoms with Crippen molar-refractivity contribution in [3.63, 3.8) is 0 Å². The van der Waals surface area contributed by atoms with Gasteiger partial charge in [-0.3, -0.25) is 4.79 Å². The van der Waals surface area contributed by atoms with Crippen LogP contribution in [0.25, 0.3) is 0 Å². The lowest BCUT2D eigenvalue weighted by Gasteiger charge is -2.07. The molecule has 0 aromatic heterocycles. The molecule has 1 N–H and O–H groups in total. The van der Waals surface area contributed by atoms with Crippen LogP contribution in [0.5, 0.6) is 0 Å². The van der Waals surface area contributed by atoms with E-state index < -0.39 is 27.3 Å². The predicted molar refractivity (Wildman–Crippen MR) is 78.3 cm³/mol. The Hall–Kier alpha value is -2.21. The molecule has 6 heteroatoms. The normalized spacial score (nSPS) is 11.1. The van der Waals surface area contributed by atoms with E-state index in [-0.39, 0.29) is 4.90 Å². The minimum absolute atomic E-state index is 0.207. The highest BCUT2D eigenvalue weighted by molar-refractivity contribution is 7.92. The average Bonchev–Trinajstić information content (AvgIpc) is 2.41. The number of aryl methyl sites for hydroxylation is 1. The number of amides is 1. The Labute approximate surface area is 122 Å². The Morgan fingerprint density at radius 2 is 1.81 bits per heavy atom. The van der Waals surface area contributed by atoms with Gasteiger partial charge >= 0.3 is 0 Å². The largest absolute Gasteiger partial charge is 0.325 e. The molecule has 0 bridgehead atoms. The fourth-order valence-corrected chi connectivity index (χ4v) is 2.91. The molecule has 0 aliphatic carbocycles. The highest BCUT2D eigenvalue weighted by Crippen LogP contribution is 2.14. The van der Waals surface area contributed by atoms with Crippen molar-refractivity contribution in [1.29, 1.82) is 0 Å². The fraction of sp³-hybridized carbons (Fsp3) is 0.133. The summed E-state index contributed by atoms with van der Waals surface area (Å²) in [5.41, 5.74) is 1.54. The SMILES string of the molecule is Cc1ccc(NC(=O)CS(=O)(=O)c2cccc(F)c2)cc1. The zero-order chi connectivity index (χ0) is 15.5. The average molecular weight is 307 g/mol. The minimum atomic E-state index is -3.86. The summed E-state index contributed by atoms with van der Waals surface area (Å²) in [4.78, 5) is 11.6. The second-order valence-electron chi connectivity index (χ2n) is 4.63. The summed E-state index contributed by atoms with van der Waals surface area (Å²) in [5.74, 6) is -2.05. The number of hydrogen-bond acceptors (Lipinski definition) is 3. The number of anilines is 1. The molecule has 0 saturated carbocycles. The van der Waals surface area contributed by atoms with Crippen LogP contribution in [0.2, 0.25) is 0 Å². The summed E-state index contributed by atoms with van der Waals surface area (Å²) in [6, 6.07) is 11.6. The van der Waals surface area contributed by atoms with Crippen molar-refractivity contribution < 1.29 is 17.6 Å². The predicted octanol–water partition coefficient (Wildman–Crippen LogP) is 2.55. The van der Waals surface area contributed by atoms with E-state index >= 15 is 0 Å². The lowest BCUT2D eigenvalue weighted by Crippen LogP contribution is -2.23. The second-order valence-corrected chi connectivity index (χ2v) is 6.62. The molecule has 0 saturated heterocycles. The van der Waals surface area contributed by atoms with Crippen molar-refractivity contribution in [2.75, 3.05) is 11.1 Å². The Bertz CT molecular complexity index is 755. The van der Waals surface area contributed by atoms with Crippen LogP contribution in [0.15, 0.2) is 53.4 Å². The monoisotopic (exact) mass is 307 g/mol. The molecule has 0 spiro atoms. The van der Waals surface area contributed by atoms with Crippen LogP contribution in [-0.4, -0.2) is 20.1 Å². The molecular formula is C15H14FNO3S. The Morgan fingerprint density at radius 1 is 1.14 bits per heavy atom. The summed E-state index contributed by atoms with van der Waals surface area (Å²) in [6.45, 7) is 1.90. The molecule has 0 fully saturated rings. The molecule has 0 aliphatic heterocycles. The van der Waals surface area contributed by atoms with Crippen LogP contribution in [-0.2, 0) is 14.6 Å². The number of nitrogens with one attached hydrogen (secondary N) is 1. The maximum atomic E-state index is 13.1. The zero-order valence-corrected chi connectivity index (χ0v) is 12.2. The van der Waals surface area contributed by atoms with Crippen molar-refractivity contribution in [3.8, 4) is 0 Å². The van der Waals surface area contributed by atoms with Gasteiger partial charge in [0.2, 0.25) is 5.91 Å². The van der Waals surface area contributed by atoms with E-state index in [4.69, 9.17) is 0 Å². The van der Waals surface area contributed by atoms with E-state index in [1.54, 1.807) is 24.3 Å². The quantitative estimate of drug-likeness (QED) is 0.944. The minimum Gasteiger partial charge on any atom is -0.325 e. The number of sulfone groups is 1. The molecule has 110 valence electrons. The van der Waals surface area contributed by atoms with Gasteiger partial charge in [0, 0.05) is 5.69 Å². The number of rotatable bonds is 4. The Kier molecular flexibility index (Phi) is 4.37. The highest BCUT2D eigenvalue weighted by Gasteiger charge is 2.19. The van der Waals surface area contributed by atoms with Gasteiger partial charge < -0.3 is 5.32 Å². The van der Waals surface area contributed by atoms with E-state index in [9.17, 15) is 17.6 Å². The number of carbonyl (C=O) groups excluding carboxylic acids is 1. The van der Waals surface area contributed by atoms with E-state index in [0.717, 1.165) is 17.7 Å². The number of hydrogen-bond donors (Lipinski definition) is 1. The van der Waals surface area contributed by atoms with Crippen molar-refractivity contribution in [2.45, 2.75) is 11.8 Å². The molecule has 0 heterocycles. The van der Waals surface area contributed by atoms with Crippen LogP contribution in [0.4, 0.5) is 10.1 Å². The van der Waals surface area contributed by atoms with Gasteiger partial charge in [-0.25, -0.2) is 12.8 Å². The lowest BCUT2D eigenvalue weighted by molar-refractivity contribution is -0.113. The highest BCUT2D eigenvalue weighted by atomic mass is 32.2. The Balaban J connectivity index is 2.09. The molecular weight excluding hydrogens is 293 g/mol. The molecule has 1 amide bonds. The van der Waals surface area contributed by atoms with Crippen LogP contribution in [0, 0.1) is 12.7 Å². The van der Waals surface area contributed by atoms with Crippen molar-refractivity contribution >= 4 is 21.4 Å². The van der Waals surface area contributed by atoms with Crippen molar-refractivity contribution in [3.05, 3.63) is 59.9 Å². The topological polar surface area (TPSA) is 63.2 Å². The van der Waals surface area contributed by atoms with E-state index in [1.807, 2.05) is 6.92 Å². The van der Waals surface area contributed by atoms with Gasteiger partial charge in [-0.15, -0.1) is 0 Å². The molecule has 21 heavy (non-hydrogen) atoms. The van der Waals surface area contributed by atoms with Gasteiger partial charge in [0.25, 0.3) is 0 Å². The summed E-state index contributed by atoms with van der Waals surface area (Å²) in [5, 5.41) is 2.50. The standard InChI is InChI=1S/C15H14FNO3S/c1-11-5-7-13(8-6-11)17-15(18)10-21(19,20)14-4-2-3-12(16)9-14/h2-9H,10H2,1H3,(H,17,18). The number of benzene rings is 2. The lowest BCUT2D eigenvalue weighted by atomic mass is 10.2. The van der Waals surface area contributed by atoms with Gasteiger partial charge in [-0.05, 0) is 37.3 Å². The fourth-order valence-electron chi connectivity index (χ4n) is 1.75. The summed E-state index contributed by atoms with van der Waals surface area (Å²) in [7, 11) is -3.86. The summed E-state index contributed by atoms with van der Waals surface area (Å²) < 4.78 is 37.1. The molecule has 2 aromatic carbocycles. The molecule has 2 aromatic rings. The van der Waals surface area contributed by atoms with Crippen molar-refractivity contribution in [2.24, 2.45) is 0 Å². The molecule has 2 rings (SSSR count). The first kappa shape index (κ1) is 15.2. The van der Waals surface area contributed by atoms with Crippen molar-refractivity contribution in [1.82, 2.24) is 0 Å². The zero-order valence-electron chi connectivity index (χ0n) is 11.3. The first-order valence-electron chi connectivity index (χ1n) is 6.22. The van der Waals surface area contributed by atoms with E-state index in [0.29, 0.717) is 5.69 Å². The summed E-state index contributed by atoms with van der Waals surface area (Å²) >= 11 is 0. The van der Waals surface area contributed by atoms with E-state index in [1.165, 1.54) is 12.1 Å². The van der Waals surface area contributed by atoms with E-state index in [2.05, 4.69) is 5.32 Å². The van der Waals surface area contributed by atoms with Crippen LogP contribution in [0.3, 0.4) is 0 Å². The molecule has 4 nitrogen and oxygen atoms in total. The third-order valence-corrected chi connectivity index (χ3v) is 4.43. The van der Waals surface area contributed by atoms with Crippen LogP contribution < -0.4 is 5.32 Å². The first-order chi connectivity index (χ1) is 9.87. The van der Waals surface area contributed by atoms with Crippen LogP contribution >= 0.6 is 0 Å². The second kappa shape index (κ2) is 6.05. The van der Waals surface area contributed by atoms with Gasteiger partial charge in [0.1, 0.15) is 11.6 Å². The molecule has 0 aliphatic rings. The van der Waals surface area contributed by atoms with Crippen LogP contribution in [0.1, 0.15) is 5.56 Å². The third-order valence-electron chi connectivity index (χ3n) is 2.81. The molecule has 0 unspecified atom stereocenters. The maximum Gasteiger partial charge on any atom is 0.239 e. The summed E-state index contributed by atoms with van der Waals surface area (Å²) in [6.07, 6.45) is 0. The Morgan fingerprint density at radius 3 is 2.43 bits per heavy atom. The maximum absolute atomic E-state index is 13.1. The first-order valence-corrected chi connectivity index (χ1v) is 7.87. The number of carbonyl (C=O) groups is 1. The van der Waals surface area contributed by atoms with Gasteiger partial charge in [-0.1, -0.05) is 23.8 Å². The van der Waals surface area contributed by atoms with Gasteiger partial charge in [0.05, 0.1) is 4.90 Å².